The highest BCUT2D eigenvalue weighted by Gasteiger charge is 2.25. The van der Waals surface area contributed by atoms with Crippen molar-refractivity contribution in [1.82, 2.24) is 10.2 Å². The lowest BCUT2D eigenvalue weighted by atomic mass is 9.99. The number of nitrogens with zero attached hydrogens (tertiary/aromatic N) is 1. The molecule has 0 unspecified atom stereocenters. The molecule has 0 amide bonds. The number of hydrogen-bond acceptors (Lipinski definition) is 2. The molecule has 0 bridgehead atoms. The maximum absolute atomic E-state index is 13.9. The minimum Gasteiger partial charge on any atom is -0.314 e. The second-order valence-electron chi connectivity index (χ2n) is 4.88. The van der Waals surface area contributed by atoms with Gasteiger partial charge in [-0.1, -0.05) is 13.3 Å². The second-order valence-corrected chi connectivity index (χ2v) is 4.88. The summed E-state index contributed by atoms with van der Waals surface area (Å²) in [6.45, 7) is 5.27. The first-order valence-electron chi connectivity index (χ1n) is 6.72. The Morgan fingerprint density at radius 3 is 2.19 bits per heavy atom. The number of rotatable bonds is 4. The van der Waals surface area contributed by atoms with Crippen molar-refractivity contribution in [2.75, 3.05) is 26.2 Å². The number of piperazine rings is 1. The molecule has 0 aliphatic carbocycles. The molecule has 1 aromatic rings. The third-order valence-electron chi connectivity index (χ3n) is 3.55. The van der Waals surface area contributed by atoms with Crippen LogP contribution >= 0.6 is 24.8 Å². The van der Waals surface area contributed by atoms with Crippen LogP contribution in [0.25, 0.3) is 0 Å². The van der Waals surface area contributed by atoms with Crippen LogP contribution in [-0.2, 0) is 0 Å². The Morgan fingerprint density at radius 2 is 1.62 bits per heavy atom. The summed E-state index contributed by atoms with van der Waals surface area (Å²) in [5.74, 6) is -2.76. The number of benzene rings is 1. The van der Waals surface area contributed by atoms with E-state index in [1.54, 1.807) is 0 Å². The van der Waals surface area contributed by atoms with Gasteiger partial charge in [0.25, 0.3) is 0 Å². The third-order valence-corrected chi connectivity index (χ3v) is 3.55. The SMILES string of the molecule is CCC[C@@H](c1cc(F)c(F)cc1F)N1CCNCC1.Cl.Cl. The molecule has 1 aliphatic heterocycles. The first-order valence-corrected chi connectivity index (χ1v) is 6.72. The van der Waals surface area contributed by atoms with Gasteiger partial charge in [0.1, 0.15) is 5.82 Å². The minimum absolute atomic E-state index is 0. The molecule has 0 aromatic heterocycles. The molecule has 21 heavy (non-hydrogen) atoms. The summed E-state index contributed by atoms with van der Waals surface area (Å²) in [5, 5.41) is 3.23. The molecular formula is C14H21Cl2F3N2. The molecule has 2 rings (SSSR count). The molecular weight excluding hydrogens is 324 g/mol. The minimum atomic E-state index is -1.13. The molecule has 1 aliphatic rings. The predicted octanol–water partition coefficient (Wildman–Crippen LogP) is 3.69. The van der Waals surface area contributed by atoms with Gasteiger partial charge in [0.05, 0.1) is 0 Å². The number of nitrogens with one attached hydrogen (secondary N) is 1. The number of hydrogen-bond donors (Lipinski definition) is 1. The summed E-state index contributed by atoms with van der Waals surface area (Å²) >= 11 is 0. The van der Waals surface area contributed by atoms with Gasteiger partial charge in [-0.2, -0.15) is 0 Å². The zero-order valence-corrected chi connectivity index (χ0v) is 13.5. The Kier molecular flexibility index (Phi) is 9.29. The van der Waals surface area contributed by atoms with Gasteiger partial charge in [-0.25, -0.2) is 13.2 Å². The van der Waals surface area contributed by atoms with Crippen molar-refractivity contribution in [3.05, 3.63) is 35.1 Å². The van der Waals surface area contributed by atoms with Gasteiger partial charge in [0.15, 0.2) is 11.6 Å². The van der Waals surface area contributed by atoms with Gasteiger partial charge in [0.2, 0.25) is 0 Å². The summed E-state index contributed by atoms with van der Waals surface area (Å²) in [4.78, 5) is 2.13. The van der Waals surface area contributed by atoms with Crippen molar-refractivity contribution < 1.29 is 13.2 Å². The lowest BCUT2D eigenvalue weighted by molar-refractivity contribution is 0.161. The average molecular weight is 345 g/mol. The molecule has 1 N–H and O–H groups in total. The number of halogens is 5. The van der Waals surface area contributed by atoms with Crippen LogP contribution in [0.5, 0.6) is 0 Å². The van der Waals surface area contributed by atoms with E-state index >= 15 is 0 Å². The van der Waals surface area contributed by atoms with E-state index in [1.165, 1.54) is 0 Å². The van der Waals surface area contributed by atoms with Gasteiger partial charge in [-0.05, 0) is 12.5 Å². The molecule has 1 atom stereocenters. The van der Waals surface area contributed by atoms with E-state index in [2.05, 4.69) is 10.2 Å². The van der Waals surface area contributed by atoms with Crippen LogP contribution in [0.1, 0.15) is 31.4 Å². The van der Waals surface area contributed by atoms with Gasteiger partial charge >= 0.3 is 0 Å². The van der Waals surface area contributed by atoms with Crippen molar-refractivity contribution in [1.29, 1.82) is 0 Å². The molecule has 2 nitrogen and oxygen atoms in total. The first-order chi connectivity index (χ1) is 9.13. The monoisotopic (exact) mass is 344 g/mol. The van der Waals surface area contributed by atoms with Crippen LogP contribution in [0.4, 0.5) is 13.2 Å². The maximum Gasteiger partial charge on any atom is 0.161 e. The Morgan fingerprint density at radius 1 is 1.05 bits per heavy atom. The predicted molar refractivity (Wildman–Crippen MR) is 82.9 cm³/mol. The lowest BCUT2D eigenvalue weighted by Gasteiger charge is -2.35. The molecule has 7 heteroatoms. The van der Waals surface area contributed by atoms with Gasteiger partial charge in [-0.3, -0.25) is 4.90 Å². The smallest absolute Gasteiger partial charge is 0.161 e. The van der Waals surface area contributed by atoms with Crippen molar-refractivity contribution >= 4 is 24.8 Å². The molecule has 0 spiro atoms. The molecule has 1 aromatic carbocycles. The summed E-state index contributed by atoms with van der Waals surface area (Å²) in [5.41, 5.74) is 0.266. The normalized spacial score (nSPS) is 16.8. The van der Waals surface area contributed by atoms with Gasteiger partial charge in [0, 0.05) is 43.9 Å². The molecule has 1 fully saturated rings. The standard InChI is InChI=1S/C14H19F3N2.2ClH/c1-2-3-14(19-6-4-18-5-7-19)10-8-12(16)13(17)9-11(10)15;;/h8-9,14,18H,2-7H2,1H3;2*1H/t14-;;/m0../s1. The fourth-order valence-corrected chi connectivity index (χ4v) is 2.60. The van der Waals surface area contributed by atoms with Gasteiger partial charge < -0.3 is 5.32 Å². The largest absolute Gasteiger partial charge is 0.314 e. The Labute approximate surface area is 135 Å². The van der Waals surface area contributed by atoms with E-state index in [0.717, 1.165) is 45.1 Å². The molecule has 0 saturated carbocycles. The summed E-state index contributed by atoms with van der Waals surface area (Å²) < 4.78 is 40.3. The molecule has 1 heterocycles. The van der Waals surface area contributed by atoms with E-state index in [0.29, 0.717) is 6.07 Å². The van der Waals surface area contributed by atoms with Crippen LogP contribution in [-0.4, -0.2) is 31.1 Å². The first kappa shape index (κ1) is 20.5. The van der Waals surface area contributed by atoms with E-state index in [4.69, 9.17) is 0 Å². The van der Waals surface area contributed by atoms with Crippen LogP contribution < -0.4 is 5.32 Å². The van der Waals surface area contributed by atoms with E-state index in [-0.39, 0.29) is 36.4 Å². The van der Waals surface area contributed by atoms with E-state index in [1.807, 2.05) is 6.92 Å². The van der Waals surface area contributed by atoms with Crippen LogP contribution in [0.2, 0.25) is 0 Å². The van der Waals surface area contributed by atoms with Crippen molar-refractivity contribution in [3.8, 4) is 0 Å². The van der Waals surface area contributed by atoms with Crippen LogP contribution in [0.15, 0.2) is 12.1 Å². The Hall–Kier alpha value is -0.490. The molecule has 122 valence electrons. The van der Waals surface area contributed by atoms with E-state index < -0.39 is 17.5 Å². The Balaban J connectivity index is 0.00000200. The lowest BCUT2D eigenvalue weighted by Crippen LogP contribution is -2.45. The maximum atomic E-state index is 13.9. The average Bonchev–Trinajstić information content (AvgIpc) is 2.42. The highest BCUT2D eigenvalue weighted by atomic mass is 35.5. The zero-order valence-electron chi connectivity index (χ0n) is 11.9. The van der Waals surface area contributed by atoms with Crippen LogP contribution in [0, 0.1) is 17.5 Å². The highest BCUT2D eigenvalue weighted by Crippen LogP contribution is 2.29. The van der Waals surface area contributed by atoms with Crippen molar-refractivity contribution in [2.24, 2.45) is 0 Å². The van der Waals surface area contributed by atoms with Crippen LogP contribution in [0.3, 0.4) is 0 Å². The third kappa shape index (κ3) is 5.02. The zero-order chi connectivity index (χ0) is 13.8. The summed E-state index contributed by atoms with van der Waals surface area (Å²) in [7, 11) is 0. The van der Waals surface area contributed by atoms with Crippen molar-refractivity contribution in [2.45, 2.75) is 25.8 Å². The fraction of sp³-hybridized carbons (Fsp3) is 0.571. The van der Waals surface area contributed by atoms with Gasteiger partial charge in [-0.15, -0.1) is 24.8 Å². The topological polar surface area (TPSA) is 15.3 Å². The summed E-state index contributed by atoms with van der Waals surface area (Å²) in [6, 6.07) is 1.48. The molecule has 1 saturated heterocycles. The van der Waals surface area contributed by atoms with Crippen molar-refractivity contribution in [3.63, 3.8) is 0 Å². The molecule has 0 radical (unpaired) electrons. The summed E-state index contributed by atoms with van der Waals surface area (Å²) in [6.07, 6.45) is 1.61. The van der Waals surface area contributed by atoms with E-state index in [9.17, 15) is 13.2 Å². The second kappa shape index (κ2) is 9.51. The highest BCUT2D eigenvalue weighted by molar-refractivity contribution is 5.85. The fourth-order valence-electron chi connectivity index (χ4n) is 2.60. The Bertz CT molecular complexity index is 440. The quantitative estimate of drug-likeness (QED) is 0.838.